The van der Waals surface area contributed by atoms with Gasteiger partial charge in [-0.2, -0.15) is 0 Å². The van der Waals surface area contributed by atoms with Gasteiger partial charge in [0.15, 0.2) is 0 Å². The van der Waals surface area contributed by atoms with Crippen molar-refractivity contribution in [3.63, 3.8) is 0 Å². The van der Waals surface area contributed by atoms with Crippen molar-refractivity contribution in [2.24, 2.45) is 5.92 Å². The predicted molar refractivity (Wildman–Crippen MR) is 173 cm³/mol. The summed E-state index contributed by atoms with van der Waals surface area (Å²) in [5.74, 6) is 0.904. The number of hydrogen-bond donors (Lipinski definition) is 0. The van der Waals surface area contributed by atoms with Crippen molar-refractivity contribution in [2.75, 3.05) is 19.6 Å². The van der Waals surface area contributed by atoms with E-state index in [2.05, 4.69) is 58.0 Å². The first kappa shape index (κ1) is 35.2. The van der Waals surface area contributed by atoms with Crippen LogP contribution in [0.5, 0.6) is 0 Å². The van der Waals surface area contributed by atoms with E-state index in [9.17, 15) is 0 Å². The summed E-state index contributed by atoms with van der Waals surface area (Å²) in [6.45, 7) is 14.6. The van der Waals surface area contributed by atoms with Gasteiger partial charge in [0.2, 0.25) is 0 Å². The number of quaternary nitrogens is 1. The van der Waals surface area contributed by atoms with E-state index in [0.29, 0.717) is 0 Å². The van der Waals surface area contributed by atoms with E-state index < -0.39 is 0 Å². The number of nitrogens with zero attached hydrogens (tertiary/aromatic N) is 1. The van der Waals surface area contributed by atoms with Crippen LogP contribution in [0.25, 0.3) is 0 Å². The van der Waals surface area contributed by atoms with Gasteiger partial charge >= 0.3 is 0 Å². The van der Waals surface area contributed by atoms with Crippen LogP contribution in [0.4, 0.5) is 0 Å². The first-order valence-electron chi connectivity index (χ1n) is 17.6. The molecular formula is C37H70N+. The number of hydrogen-bond acceptors (Lipinski definition) is 0. The first-order chi connectivity index (χ1) is 18.7. The highest BCUT2D eigenvalue weighted by atomic mass is 15.3. The SMILES string of the molecule is CCCCCCCCCCCCC(CCCCCCCCCCCC)C[N+](CC)(CC)Cc1ccccc1. The van der Waals surface area contributed by atoms with E-state index in [1.165, 1.54) is 177 Å². The molecule has 1 heteroatoms. The van der Waals surface area contributed by atoms with Gasteiger partial charge in [0.05, 0.1) is 19.6 Å². The zero-order valence-electron chi connectivity index (χ0n) is 26.8. The van der Waals surface area contributed by atoms with Gasteiger partial charge in [0, 0.05) is 11.5 Å². The molecule has 0 N–H and O–H groups in total. The summed E-state index contributed by atoms with van der Waals surface area (Å²) in [6.07, 6.45) is 31.9. The fourth-order valence-electron chi connectivity index (χ4n) is 6.46. The van der Waals surface area contributed by atoms with Gasteiger partial charge in [0.1, 0.15) is 6.54 Å². The fraction of sp³-hybridized carbons (Fsp3) is 0.838. The van der Waals surface area contributed by atoms with E-state index in [1.54, 1.807) is 0 Å². The zero-order chi connectivity index (χ0) is 27.6. The number of unbranched alkanes of at least 4 members (excludes halogenated alkanes) is 18. The molecule has 0 saturated heterocycles. The third kappa shape index (κ3) is 18.5. The summed E-state index contributed by atoms with van der Waals surface area (Å²) >= 11 is 0. The van der Waals surface area contributed by atoms with Crippen LogP contribution < -0.4 is 0 Å². The van der Waals surface area contributed by atoms with Gasteiger partial charge in [-0.1, -0.05) is 173 Å². The molecule has 0 heterocycles. The van der Waals surface area contributed by atoms with Crippen LogP contribution in [0.15, 0.2) is 30.3 Å². The minimum atomic E-state index is 0.904. The molecule has 0 spiro atoms. The van der Waals surface area contributed by atoms with Gasteiger partial charge in [0.25, 0.3) is 0 Å². The second kappa shape index (κ2) is 25.2. The van der Waals surface area contributed by atoms with Crippen LogP contribution >= 0.6 is 0 Å². The smallest absolute Gasteiger partial charge is 0.104 e. The van der Waals surface area contributed by atoms with Gasteiger partial charge in [-0.15, -0.1) is 0 Å². The summed E-state index contributed by atoms with van der Waals surface area (Å²) in [6, 6.07) is 11.3. The van der Waals surface area contributed by atoms with Gasteiger partial charge in [-0.05, 0) is 26.7 Å². The normalized spacial score (nSPS) is 12.0. The fourth-order valence-corrected chi connectivity index (χ4v) is 6.46. The van der Waals surface area contributed by atoms with Crippen LogP contribution in [0.3, 0.4) is 0 Å². The van der Waals surface area contributed by atoms with Crippen molar-refractivity contribution in [1.29, 1.82) is 0 Å². The summed E-state index contributed by atoms with van der Waals surface area (Å²) in [4.78, 5) is 0. The molecule has 0 aliphatic carbocycles. The summed E-state index contributed by atoms with van der Waals surface area (Å²) < 4.78 is 1.27. The molecule has 0 bridgehead atoms. The maximum absolute atomic E-state index is 2.44. The summed E-state index contributed by atoms with van der Waals surface area (Å²) in [7, 11) is 0. The molecule has 0 aliphatic rings. The molecule has 0 aromatic heterocycles. The lowest BCUT2D eigenvalue weighted by atomic mass is 9.92. The molecule has 0 radical (unpaired) electrons. The molecule has 0 saturated carbocycles. The summed E-state index contributed by atoms with van der Waals surface area (Å²) in [5, 5.41) is 0. The van der Waals surface area contributed by atoms with Crippen LogP contribution in [0.1, 0.15) is 175 Å². The van der Waals surface area contributed by atoms with E-state index in [0.717, 1.165) is 5.92 Å². The largest absolute Gasteiger partial charge is 0.320 e. The minimum Gasteiger partial charge on any atom is -0.320 e. The van der Waals surface area contributed by atoms with E-state index in [4.69, 9.17) is 0 Å². The molecule has 1 nitrogen and oxygen atoms in total. The highest BCUT2D eigenvalue weighted by Crippen LogP contribution is 2.26. The van der Waals surface area contributed by atoms with Crippen LogP contribution in [0, 0.1) is 5.92 Å². The lowest BCUT2D eigenvalue weighted by Gasteiger charge is -2.40. The highest BCUT2D eigenvalue weighted by Gasteiger charge is 2.28. The lowest BCUT2D eigenvalue weighted by molar-refractivity contribution is -0.940. The molecular weight excluding hydrogens is 458 g/mol. The molecule has 0 aliphatic heterocycles. The Morgan fingerprint density at radius 2 is 0.842 bits per heavy atom. The average Bonchev–Trinajstić information content (AvgIpc) is 2.95. The Morgan fingerprint density at radius 3 is 1.21 bits per heavy atom. The molecule has 1 aromatic rings. The molecule has 0 atom stereocenters. The number of rotatable bonds is 28. The summed E-state index contributed by atoms with van der Waals surface area (Å²) in [5.41, 5.74) is 1.52. The van der Waals surface area contributed by atoms with Crippen LogP contribution in [0.2, 0.25) is 0 Å². The van der Waals surface area contributed by atoms with Crippen molar-refractivity contribution in [2.45, 2.75) is 175 Å². The highest BCUT2D eigenvalue weighted by molar-refractivity contribution is 5.13. The van der Waals surface area contributed by atoms with Crippen LogP contribution in [-0.2, 0) is 6.54 Å². The Morgan fingerprint density at radius 1 is 0.474 bits per heavy atom. The van der Waals surface area contributed by atoms with Crippen molar-refractivity contribution >= 4 is 0 Å². The lowest BCUT2D eigenvalue weighted by Crippen LogP contribution is -2.50. The topological polar surface area (TPSA) is 0 Å². The van der Waals surface area contributed by atoms with E-state index >= 15 is 0 Å². The minimum absolute atomic E-state index is 0.904. The van der Waals surface area contributed by atoms with E-state index in [-0.39, 0.29) is 0 Å². The van der Waals surface area contributed by atoms with Crippen molar-refractivity contribution in [3.8, 4) is 0 Å². The molecule has 0 unspecified atom stereocenters. The monoisotopic (exact) mass is 529 g/mol. The van der Waals surface area contributed by atoms with Gasteiger partial charge in [-0.3, -0.25) is 0 Å². The van der Waals surface area contributed by atoms with Crippen molar-refractivity contribution in [3.05, 3.63) is 35.9 Å². The molecule has 0 fully saturated rings. The standard InChI is InChI=1S/C37H70N/c1-5-9-11-13-15-17-19-21-23-26-30-36(31-27-24-22-20-18-16-14-12-10-6-2)34-38(7-3,8-4)35-37-32-28-25-29-33-37/h25,28-29,32-33,36H,5-24,26-27,30-31,34-35H2,1-4H3/q+1. The Kier molecular flexibility index (Phi) is 23.3. The number of benzene rings is 1. The first-order valence-corrected chi connectivity index (χ1v) is 17.6. The maximum Gasteiger partial charge on any atom is 0.104 e. The molecule has 1 aromatic carbocycles. The quantitative estimate of drug-likeness (QED) is 0.0749. The zero-order valence-corrected chi connectivity index (χ0v) is 26.8. The second-order valence-electron chi connectivity index (χ2n) is 12.6. The van der Waals surface area contributed by atoms with Crippen molar-refractivity contribution in [1.82, 2.24) is 0 Å². The van der Waals surface area contributed by atoms with Crippen LogP contribution in [-0.4, -0.2) is 24.1 Å². The van der Waals surface area contributed by atoms with Gasteiger partial charge in [-0.25, -0.2) is 0 Å². The molecule has 1 rings (SSSR count). The third-order valence-corrected chi connectivity index (χ3v) is 9.28. The Hall–Kier alpha value is -0.820. The molecule has 38 heavy (non-hydrogen) atoms. The predicted octanol–water partition coefficient (Wildman–Crippen LogP) is 12.3. The van der Waals surface area contributed by atoms with E-state index in [1.807, 2.05) is 0 Å². The second-order valence-corrected chi connectivity index (χ2v) is 12.6. The Balaban J connectivity index is 2.45. The van der Waals surface area contributed by atoms with Crippen molar-refractivity contribution < 1.29 is 4.48 Å². The Bertz CT molecular complexity index is 566. The Labute approximate surface area is 241 Å². The average molecular weight is 529 g/mol. The third-order valence-electron chi connectivity index (χ3n) is 9.28. The molecule has 222 valence electrons. The molecule has 0 amide bonds. The van der Waals surface area contributed by atoms with Gasteiger partial charge < -0.3 is 4.48 Å². The maximum atomic E-state index is 2.44.